The van der Waals surface area contributed by atoms with Crippen LogP contribution in [0.1, 0.15) is 17.4 Å². The SMILES string of the molecule is CCOc1ccc(NC(=O)COC(=O)c2cc(-c3ccccc3)n[nH]2)cc1. The van der Waals surface area contributed by atoms with Gasteiger partial charge in [-0.25, -0.2) is 4.79 Å². The monoisotopic (exact) mass is 365 g/mol. The van der Waals surface area contributed by atoms with Gasteiger partial charge in [-0.1, -0.05) is 30.3 Å². The molecule has 138 valence electrons. The minimum atomic E-state index is -0.647. The fourth-order valence-electron chi connectivity index (χ4n) is 2.39. The zero-order valence-electron chi connectivity index (χ0n) is 14.8. The van der Waals surface area contributed by atoms with Gasteiger partial charge in [0.25, 0.3) is 5.91 Å². The van der Waals surface area contributed by atoms with Crippen molar-refractivity contribution in [1.82, 2.24) is 10.2 Å². The van der Waals surface area contributed by atoms with E-state index in [0.717, 1.165) is 11.3 Å². The summed E-state index contributed by atoms with van der Waals surface area (Å²) in [5.41, 5.74) is 2.28. The van der Waals surface area contributed by atoms with Crippen molar-refractivity contribution in [1.29, 1.82) is 0 Å². The molecule has 0 saturated heterocycles. The van der Waals surface area contributed by atoms with Crippen LogP contribution in [0.15, 0.2) is 60.7 Å². The summed E-state index contributed by atoms with van der Waals surface area (Å²) in [6.45, 7) is 2.07. The maximum absolute atomic E-state index is 12.1. The van der Waals surface area contributed by atoms with Gasteiger partial charge >= 0.3 is 5.97 Å². The van der Waals surface area contributed by atoms with Crippen LogP contribution in [0.25, 0.3) is 11.3 Å². The number of amides is 1. The molecular formula is C20H19N3O4. The highest BCUT2D eigenvalue weighted by atomic mass is 16.5. The lowest BCUT2D eigenvalue weighted by molar-refractivity contribution is -0.119. The molecule has 1 heterocycles. The van der Waals surface area contributed by atoms with E-state index in [-0.39, 0.29) is 5.69 Å². The van der Waals surface area contributed by atoms with E-state index in [4.69, 9.17) is 9.47 Å². The highest BCUT2D eigenvalue weighted by Crippen LogP contribution is 2.17. The van der Waals surface area contributed by atoms with Gasteiger partial charge in [0.2, 0.25) is 0 Å². The highest BCUT2D eigenvalue weighted by molar-refractivity contribution is 5.95. The minimum Gasteiger partial charge on any atom is -0.494 e. The number of rotatable bonds is 7. The molecule has 3 rings (SSSR count). The van der Waals surface area contributed by atoms with Crippen molar-refractivity contribution in [3.05, 3.63) is 66.4 Å². The van der Waals surface area contributed by atoms with E-state index in [1.165, 1.54) is 0 Å². The average Bonchev–Trinajstić information content (AvgIpc) is 3.19. The molecule has 27 heavy (non-hydrogen) atoms. The molecule has 0 spiro atoms. The number of carbonyl (C=O) groups excluding carboxylic acids is 2. The number of nitrogens with zero attached hydrogens (tertiary/aromatic N) is 1. The number of aromatic nitrogens is 2. The number of nitrogens with one attached hydrogen (secondary N) is 2. The highest BCUT2D eigenvalue weighted by Gasteiger charge is 2.14. The molecule has 7 nitrogen and oxygen atoms in total. The molecule has 0 fully saturated rings. The molecule has 0 bridgehead atoms. The fourth-order valence-corrected chi connectivity index (χ4v) is 2.39. The quantitative estimate of drug-likeness (QED) is 0.627. The van der Waals surface area contributed by atoms with Gasteiger partial charge < -0.3 is 14.8 Å². The number of hydrogen-bond acceptors (Lipinski definition) is 5. The smallest absolute Gasteiger partial charge is 0.356 e. The van der Waals surface area contributed by atoms with Gasteiger partial charge in [0.05, 0.1) is 12.3 Å². The van der Waals surface area contributed by atoms with E-state index in [1.807, 2.05) is 37.3 Å². The Morgan fingerprint density at radius 3 is 2.52 bits per heavy atom. The molecule has 2 N–H and O–H groups in total. The lowest BCUT2D eigenvalue weighted by Crippen LogP contribution is -2.21. The average molecular weight is 365 g/mol. The Labute approximate surface area is 156 Å². The van der Waals surface area contributed by atoms with Crippen molar-refractivity contribution in [2.75, 3.05) is 18.5 Å². The molecule has 1 amide bonds. The summed E-state index contributed by atoms with van der Waals surface area (Å²) in [5.74, 6) is -0.364. The van der Waals surface area contributed by atoms with Crippen LogP contribution in [-0.4, -0.2) is 35.3 Å². The van der Waals surface area contributed by atoms with E-state index in [0.29, 0.717) is 18.0 Å². The standard InChI is InChI=1S/C20H19N3O4/c1-2-26-16-10-8-15(9-11-16)21-19(24)13-27-20(25)18-12-17(22-23-18)14-6-4-3-5-7-14/h3-12H,2,13H2,1H3,(H,21,24)(H,22,23). The van der Waals surface area contributed by atoms with Crippen molar-refractivity contribution in [3.8, 4) is 17.0 Å². The summed E-state index contributed by atoms with van der Waals surface area (Å²) in [4.78, 5) is 24.0. The topological polar surface area (TPSA) is 93.3 Å². The zero-order valence-corrected chi connectivity index (χ0v) is 14.8. The Morgan fingerprint density at radius 1 is 1.07 bits per heavy atom. The van der Waals surface area contributed by atoms with Crippen LogP contribution in [0, 0.1) is 0 Å². The third kappa shape index (κ3) is 4.94. The van der Waals surface area contributed by atoms with Gasteiger partial charge in [0, 0.05) is 11.3 Å². The molecule has 0 aliphatic heterocycles. The second kappa shape index (κ2) is 8.66. The van der Waals surface area contributed by atoms with Crippen molar-refractivity contribution in [2.24, 2.45) is 0 Å². The lowest BCUT2D eigenvalue weighted by Gasteiger charge is -2.07. The van der Waals surface area contributed by atoms with Crippen molar-refractivity contribution >= 4 is 17.6 Å². The summed E-state index contributed by atoms with van der Waals surface area (Å²) in [6.07, 6.45) is 0. The molecule has 2 aromatic carbocycles. The summed E-state index contributed by atoms with van der Waals surface area (Å²) in [5, 5.41) is 9.36. The van der Waals surface area contributed by atoms with Crippen molar-refractivity contribution in [2.45, 2.75) is 6.92 Å². The normalized spacial score (nSPS) is 10.3. The van der Waals surface area contributed by atoms with Crippen LogP contribution in [0.3, 0.4) is 0 Å². The van der Waals surface area contributed by atoms with E-state index < -0.39 is 18.5 Å². The third-order valence-corrected chi connectivity index (χ3v) is 3.65. The number of benzene rings is 2. The number of aromatic amines is 1. The Morgan fingerprint density at radius 2 is 1.81 bits per heavy atom. The molecule has 0 unspecified atom stereocenters. The molecule has 0 saturated carbocycles. The first-order valence-corrected chi connectivity index (χ1v) is 8.46. The first kappa shape index (κ1) is 18.2. The first-order valence-electron chi connectivity index (χ1n) is 8.46. The van der Waals surface area contributed by atoms with Crippen LogP contribution in [0.5, 0.6) is 5.75 Å². The molecule has 3 aromatic rings. The second-order valence-electron chi connectivity index (χ2n) is 5.61. The maximum Gasteiger partial charge on any atom is 0.356 e. The van der Waals surface area contributed by atoms with Crippen LogP contribution in [-0.2, 0) is 9.53 Å². The molecule has 7 heteroatoms. The number of H-pyrrole nitrogens is 1. The third-order valence-electron chi connectivity index (χ3n) is 3.65. The van der Waals surface area contributed by atoms with Crippen LogP contribution >= 0.6 is 0 Å². The van der Waals surface area contributed by atoms with E-state index >= 15 is 0 Å². The van der Waals surface area contributed by atoms with E-state index in [1.54, 1.807) is 30.3 Å². The zero-order chi connectivity index (χ0) is 19.1. The number of hydrogen-bond donors (Lipinski definition) is 2. The van der Waals surface area contributed by atoms with Gasteiger partial charge in [-0.15, -0.1) is 0 Å². The number of carbonyl (C=O) groups is 2. The lowest BCUT2D eigenvalue weighted by atomic mass is 10.1. The van der Waals surface area contributed by atoms with Crippen LogP contribution in [0.2, 0.25) is 0 Å². The summed E-state index contributed by atoms with van der Waals surface area (Å²) in [7, 11) is 0. The van der Waals surface area contributed by atoms with Gasteiger partial charge in [0.1, 0.15) is 11.4 Å². The minimum absolute atomic E-state index is 0.183. The second-order valence-corrected chi connectivity index (χ2v) is 5.61. The molecule has 0 atom stereocenters. The summed E-state index contributed by atoms with van der Waals surface area (Å²) < 4.78 is 10.4. The van der Waals surface area contributed by atoms with Crippen LogP contribution in [0.4, 0.5) is 5.69 Å². The molecule has 0 aliphatic carbocycles. The Balaban J connectivity index is 1.51. The molecular weight excluding hydrogens is 346 g/mol. The van der Waals surface area contributed by atoms with Crippen molar-refractivity contribution in [3.63, 3.8) is 0 Å². The predicted molar refractivity (Wildman–Crippen MR) is 101 cm³/mol. The van der Waals surface area contributed by atoms with Gasteiger partial charge in [-0.05, 0) is 37.3 Å². The summed E-state index contributed by atoms with van der Waals surface area (Å²) in [6, 6.07) is 17.9. The Bertz CT molecular complexity index is 904. The van der Waals surface area contributed by atoms with Gasteiger partial charge in [-0.2, -0.15) is 5.10 Å². The molecule has 0 radical (unpaired) electrons. The molecule has 0 aliphatic rings. The number of ether oxygens (including phenoxy) is 2. The predicted octanol–water partition coefficient (Wildman–Crippen LogP) is 3.27. The van der Waals surface area contributed by atoms with Gasteiger partial charge in [-0.3, -0.25) is 9.89 Å². The maximum atomic E-state index is 12.1. The van der Waals surface area contributed by atoms with E-state index in [2.05, 4.69) is 15.5 Å². The first-order chi connectivity index (χ1) is 13.2. The van der Waals surface area contributed by atoms with E-state index in [9.17, 15) is 9.59 Å². The summed E-state index contributed by atoms with van der Waals surface area (Å²) >= 11 is 0. The Kier molecular flexibility index (Phi) is 5.84. The Hall–Kier alpha value is -3.61. The van der Waals surface area contributed by atoms with Crippen LogP contribution < -0.4 is 10.1 Å². The molecule has 1 aromatic heterocycles. The number of esters is 1. The fraction of sp³-hybridized carbons (Fsp3) is 0.150. The number of anilines is 1. The van der Waals surface area contributed by atoms with Crippen molar-refractivity contribution < 1.29 is 19.1 Å². The largest absolute Gasteiger partial charge is 0.494 e. The van der Waals surface area contributed by atoms with Gasteiger partial charge in [0.15, 0.2) is 6.61 Å².